The van der Waals surface area contributed by atoms with Gasteiger partial charge in [-0.3, -0.25) is 10.2 Å². The monoisotopic (exact) mass is 305 g/mol. The second-order valence-electron chi connectivity index (χ2n) is 4.53. The van der Waals surface area contributed by atoms with E-state index in [1.165, 1.54) is 23.9 Å². The van der Waals surface area contributed by atoms with E-state index >= 15 is 0 Å². The van der Waals surface area contributed by atoms with Crippen molar-refractivity contribution in [3.63, 3.8) is 0 Å². The Morgan fingerprint density at radius 3 is 2.48 bits per heavy atom. The minimum Gasteiger partial charge on any atom is -0.398 e. The average molecular weight is 305 g/mol. The fraction of sp³-hybridized carbons (Fsp3) is 0.133. The zero-order valence-electron chi connectivity index (χ0n) is 11.3. The summed E-state index contributed by atoms with van der Waals surface area (Å²) in [5, 5.41) is 0. The first-order valence-electron chi connectivity index (χ1n) is 6.33. The van der Waals surface area contributed by atoms with Gasteiger partial charge in [-0.2, -0.15) is 0 Å². The van der Waals surface area contributed by atoms with Gasteiger partial charge in [0.05, 0.1) is 6.42 Å². The van der Waals surface area contributed by atoms with Gasteiger partial charge in [-0.25, -0.2) is 10.2 Å². The molecule has 0 saturated heterocycles. The molecule has 2 aromatic carbocycles. The maximum Gasteiger partial charge on any atom is 0.238 e. The van der Waals surface area contributed by atoms with Crippen molar-refractivity contribution in [2.75, 3.05) is 5.73 Å². The van der Waals surface area contributed by atoms with Crippen molar-refractivity contribution in [2.24, 2.45) is 5.84 Å². The van der Waals surface area contributed by atoms with Crippen LogP contribution in [0.5, 0.6) is 0 Å². The molecule has 21 heavy (non-hydrogen) atoms. The van der Waals surface area contributed by atoms with Crippen molar-refractivity contribution in [2.45, 2.75) is 17.1 Å². The van der Waals surface area contributed by atoms with Gasteiger partial charge in [-0.05, 0) is 29.3 Å². The largest absolute Gasteiger partial charge is 0.398 e. The highest BCUT2D eigenvalue weighted by Gasteiger charge is 2.04. The minimum atomic E-state index is -0.296. The maximum atomic E-state index is 13.2. The average Bonchev–Trinajstić information content (AvgIpc) is 2.49. The molecule has 0 fully saturated rings. The first-order chi connectivity index (χ1) is 10.1. The number of carbonyl (C=O) groups excluding carboxylic acids is 1. The number of hydrogen-bond donors (Lipinski definition) is 3. The van der Waals surface area contributed by atoms with Crippen LogP contribution < -0.4 is 17.0 Å². The van der Waals surface area contributed by atoms with Gasteiger partial charge in [-0.1, -0.05) is 24.3 Å². The van der Waals surface area contributed by atoms with Crippen molar-refractivity contribution in [3.05, 3.63) is 59.4 Å². The number of nitrogens with one attached hydrogen (secondary N) is 1. The minimum absolute atomic E-state index is 0.232. The molecular weight excluding hydrogens is 289 g/mol. The summed E-state index contributed by atoms with van der Waals surface area (Å²) in [6.45, 7) is 0. The van der Waals surface area contributed by atoms with Crippen LogP contribution in [0.3, 0.4) is 0 Å². The van der Waals surface area contributed by atoms with Crippen molar-refractivity contribution in [1.82, 2.24) is 5.43 Å². The Hall–Kier alpha value is -2.05. The molecule has 2 rings (SSSR count). The number of carbonyl (C=O) groups is 1. The lowest BCUT2D eigenvalue weighted by Crippen LogP contribution is -2.31. The van der Waals surface area contributed by atoms with Gasteiger partial charge >= 0.3 is 0 Å². The molecule has 5 N–H and O–H groups in total. The zero-order chi connectivity index (χ0) is 15.2. The summed E-state index contributed by atoms with van der Waals surface area (Å²) in [5.74, 6) is 5.19. The molecule has 110 valence electrons. The summed E-state index contributed by atoms with van der Waals surface area (Å²) in [7, 11) is 0. The van der Waals surface area contributed by atoms with Crippen LogP contribution in [0.2, 0.25) is 0 Å². The predicted octanol–water partition coefficient (Wildman–Crippen LogP) is 2.23. The number of benzene rings is 2. The van der Waals surface area contributed by atoms with Gasteiger partial charge in [0.15, 0.2) is 0 Å². The maximum absolute atomic E-state index is 13.2. The SMILES string of the molecule is NNC(=O)Cc1ccc(CSc2cc(F)ccc2N)cc1. The van der Waals surface area contributed by atoms with Gasteiger partial charge in [-0.15, -0.1) is 11.8 Å². The molecule has 0 saturated carbocycles. The third kappa shape index (κ3) is 4.47. The summed E-state index contributed by atoms with van der Waals surface area (Å²) in [5.41, 5.74) is 10.4. The van der Waals surface area contributed by atoms with Crippen molar-refractivity contribution in [1.29, 1.82) is 0 Å². The summed E-state index contributed by atoms with van der Waals surface area (Å²) in [6, 6.07) is 12.0. The number of amides is 1. The highest BCUT2D eigenvalue weighted by molar-refractivity contribution is 7.98. The molecule has 1 amide bonds. The molecule has 0 bridgehead atoms. The summed E-state index contributed by atoms with van der Waals surface area (Å²) in [4.78, 5) is 11.9. The Bertz CT molecular complexity index is 631. The topological polar surface area (TPSA) is 81.1 Å². The Kier molecular flexibility index (Phi) is 5.19. The van der Waals surface area contributed by atoms with Crippen LogP contribution >= 0.6 is 11.8 Å². The van der Waals surface area contributed by atoms with E-state index < -0.39 is 0 Å². The molecule has 0 spiro atoms. The number of hydrogen-bond acceptors (Lipinski definition) is 4. The third-order valence-electron chi connectivity index (χ3n) is 2.92. The second kappa shape index (κ2) is 7.10. The number of anilines is 1. The van der Waals surface area contributed by atoms with Gasteiger partial charge in [0.25, 0.3) is 0 Å². The Morgan fingerprint density at radius 2 is 1.81 bits per heavy atom. The van der Waals surface area contributed by atoms with E-state index in [1.54, 1.807) is 6.07 Å². The highest BCUT2D eigenvalue weighted by Crippen LogP contribution is 2.28. The molecule has 0 aromatic heterocycles. The van der Waals surface area contributed by atoms with Crippen LogP contribution in [0.1, 0.15) is 11.1 Å². The van der Waals surface area contributed by atoms with Gasteiger partial charge in [0, 0.05) is 16.3 Å². The standard InChI is InChI=1S/C15H16FN3OS/c16-12-5-6-13(17)14(8-12)21-9-11-3-1-10(2-4-11)7-15(20)19-18/h1-6,8H,7,9,17-18H2,(H,19,20). The van der Waals surface area contributed by atoms with Gasteiger partial charge < -0.3 is 5.73 Å². The lowest BCUT2D eigenvalue weighted by atomic mass is 10.1. The molecule has 0 radical (unpaired) electrons. The lowest BCUT2D eigenvalue weighted by Gasteiger charge is -2.06. The fourth-order valence-electron chi connectivity index (χ4n) is 1.78. The van der Waals surface area contributed by atoms with E-state index in [9.17, 15) is 9.18 Å². The Labute approximate surface area is 126 Å². The lowest BCUT2D eigenvalue weighted by molar-refractivity contribution is -0.120. The van der Waals surface area contributed by atoms with E-state index in [0.29, 0.717) is 11.4 Å². The number of nitrogen functional groups attached to an aromatic ring is 1. The number of hydrazine groups is 1. The second-order valence-corrected chi connectivity index (χ2v) is 5.55. The molecule has 0 aliphatic rings. The van der Waals surface area contributed by atoms with Crippen LogP contribution in [0, 0.1) is 5.82 Å². The molecule has 2 aromatic rings. The number of thioether (sulfide) groups is 1. The van der Waals surface area contributed by atoms with E-state index in [2.05, 4.69) is 5.43 Å². The molecule has 0 unspecified atom stereocenters. The smallest absolute Gasteiger partial charge is 0.238 e. The molecule has 0 heterocycles. The zero-order valence-corrected chi connectivity index (χ0v) is 12.1. The highest BCUT2D eigenvalue weighted by atomic mass is 32.2. The molecule has 4 nitrogen and oxygen atoms in total. The van der Waals surface area contributed by atoms with E-state index in [-0.39, 0.29) is 18.1 Å². The van der Waals surface area contributed by atoms with Crippen LogP contribution in [0.25, 0.3) is 0 Å². The first-order valence-corrected chi connectivity index (χ1v) is 7.32. The Morgan fingerprint density at radius 1 is 1.14 bits per heavy atom. The van der Waals surface area contributed by atoms with Gasteiger partial charge in [0.1, 0.15) is 5.82 Å². The van der Waals surface area contributed by atoms with Crippen LogP contribution in [-0.2, 0) is 17.0 Å². The predicted molar refractivity (Wildman–Crippen MR) is 82.8 cm³/mol. The normalized spacial score (nSPS) is 10.4. The summed E-state index contributed by atoms with van der Waals surface area (Å²) < 4.78 is 13.2. The van der Waals surface area contributed by atoms with Crippen molar-refractivity contribution >= 4 is 23.4 Å². The van der Waals surface area contributed by atoms with Crippen LogP contribution in [0.15, 0.2) is 47.4 Å². The van der Waals surface area contributed by atoms with E-state index in [0.717, 1.165) is 16.0 Å². The molecule has 0 atom stereocenters. The third-order valence-corrected chi connectivity index (χ3v) is 4.06. The van der Waals surface area contributed by atoms with E-state index in [4.69, 9.17) is 11.6 Å². The molecule has 0 aliphatic carbocycles. The quantitative estimate of drug-likeness (QED) is 0.260. The molecule has 6 heteroatoms. The molecular formula is C15H16FN3OS. The van der Waals surface area contributed by atoms with Crippen LogP contribution in [0.4, 0.5) is 10.1 Å². The van der Waals surface area contributed by atoms with Crippen molar-refractivity contribution in [3.8, 4) is 0 Å². The number of nitrogens with two attached hydrogens (primary N) is 2. The summed E-state index contributed by atoms with van der Waals surface area (Å²) in [6.07, 6.45) is 0.251. The number of rotatable bonds is 5. The van der Waals surface area contributed by atoms with Gasteiger partial charge in [0.2, 0.25) is 5.91 Å². The number of halogens is 1. The van der Waals surface area contributed by atoms with E-state index in [1.807, 2.05) is 24.3 Å². The molecule has 0 aliphatic heterocycles. The van der Waals surface area contributed by atoms with Crippen molar-refractivity contribution < 1.29 is 9.18 Å². The summed E-state index contributed by atoms with van der Waals surface area (Å²) >= 11 is 1.47. The Balaban J connectivity index is 1.97. The van der Waals surface area contributed by atoms with Crippen LogP contribution in [-0.4, -0.2) is 5.91 Å². The first kappa shape index (κ1) is 15.3. The fourth-order valence-corrected chi connectivity index (χ4v) is 2.73.